The quantitative estimate of drug-likeness (QED) is 0.803. The van der Waals surface area contributed by atoms with Gasteiger partial charge in [-0.25, -0.2) is 9.37 Å². The van der Waals surface area contributed by atoms with Crippen LogP contribution in [0.15, 0.2) is 30.6 Å². The largest absolute Gasteiger partial charge is 0.323 e. The van der Waals surface area contributed by atoms with E-state index in [1.165, 1.54) is 6.07 Å². The van der Waals surface area contributed by atoms with Gasteiger partial charge in [-0.15, -0.1) is 0 Å². The number of aromatic nitrogens is 4. The van der Waals surface area contributed by atoms with Gasteiger partial charge in [-0.2, -0.15) is 5.10 Å². The molecule has 1 aliphatic rings. The third-order valence-corrected chi connectivity index (χ3v) is 3.95. The number of halogens is 1. The van der Waals surface area contributed by atoms with Crippen molar-refractivity contribution in [3.8, 4) is 0 Å². The molecule has 1 unspecified atom stereocenters. The average Bonchev–Trinajstić information content (AvgIpc) is 3.09. The fourth-order valence-corrected chi connectivity index (χ4v) is 2.77. The number of hydrogen-bond donors (Lipinski definition) is 1. The van der Waals surface area contributed by atoms with Gasteiger partial charge in [-0.3, -0.25) is 4.68 Å². The number of imidazole rings is 1. The van der Waals surface area contributed by atoms with Crippen LogP contribution in [-0.2, 0) is 7.05 Å². The zero-order valence-electron chi connectivity index (χ0n) is 11.7. The van der Waals surface area contributed by atoms with Crippen molar-refractivity contribution in [2.24, 2.45) is 12.8 Å². The number of rotatable bonds is 3. The fraction of sp³-hybridized carbons (Fsp3) is 0.333. The van der Waals surface area contributed by atoms with Gasteiger partial charge in [0.25, 0.3) is 0 Å². The molecule has 0 aliphatic heterocycles. The second-order valence-electron chi connectivity index (χ2n) is 5.63. The summed E-state index contributed by atoms with van der Waals surface area (Å²) in [7, 11) is 1.86. The molecule has 5 nitrogen and oxygen atoms in total. The molecule has 0 spiro atoms. The van der Waals surface area contributed by atoms with Crippen LogP contribution in [0.25, 0.3) is 11.0 Å². The zero-order valence-corrected chi connectivity index (χ0v) is 11.7. The van der Waals surface area contributed by atoms with E-state index in [1.807, 2.05) is 13.2 Å². The Kier molecular flexibility index (Phi) is 2.62. The summed E-state index contributed by atoms with van der Waals surface area (Å²) in [5, 5.41) is 4.16. The van der Waals surface area contributed by atoms with Crippen LogP contribution in [0.5, 0.6) is 0 Å². The zero-order chi connectivity index (χ0) is 14.6. The maximum absolute atomic E-state index is 13.6. The van der Waals surface area contributed by atoms with Gasteiger partial charge < -0.3 is 10.3 Å². The van der Waals surface area contributed by atoms with Crippen molar-refractivity contribution < 1.29 is 4.39 Å². The molecule has 2 N–H and O–H groups in total. The molecule has 0 radical (unpaired) electrons. The smallest absolute Gasteiger partial charge is 0.131 e. The molecule has 1 atom stereocenters. The topological polar surface area (TPSA) is 61.7 Å². The first-order valence-electron chi connectivity index (χ1n) is 7.05. The summed E-state index contributed by atoms with van der Waals surface area (Å²) in [6, 6.07) is 4.72. The van der Waals surface area contributed by atoms with Crippen LogP contribution in [0.2, 0.25) is 0 Å². The van der Waals surface area contributed by atoms with Gasteiger partial charge in [0.15, 0.2) is 0 Å². The van der Waals surface area contributed by atoms with Gasteiger partial charge in [0.05, 0.1) is 23.3 Å². The number of aryl methyl sites for hydroxylation is 1. The second-order valence-corrected chi connectivity index (χ2v) is 5.63. The van der Waals surface area contributed by atoms with E-state index in [2.05, 4.69) is 14.6 Å². The van der Waals surface area contributed by atoms with E-state index in [0.29, 0.717) is 6.04 Å². The molecule has 1 aromatic carbocycles. The Morgan fingerprint density at radius 1 is 1.38 bits per heavy atom. The van der Waals surface area contributed by atoms with Crippen molar-refractivity contribution in [2.45, 2.75) is 24.9 Å². The molecule has 1 saturated carbocycles. The molecular weight excluding hydrogens is 269 g/mol. The van der Waals surface area contributed by atoms with Gasteiger partial charge in [0, 0.05) is 24.8 Å². The SMILES string of the molecule is Cn1cc(C(N)c2nc3ccc(F)cc3n2C2CC2)cn1. The number of nitrogens with zero attached hydrogens (tertiary/aromatic N) is 4. The summed E-state index contributed by atoms with van der Waals surface area (Å²) in [5.41, 5.74) is 8.89. The van der Waals surface area contributed by atoms with Crippen LogP contribution >= 0.6 is 0 Å². The summed E-state index contributed by atoms with van der Waals surface area (Å²) in [6.45, 7) is 0. The first kappa shape index (κ1) is 12.5. The Balaban J connectivity index is 1.89. The Morgan fingerprint density at radius 2 is 2.19 bits per heavy atom. The molecule has 0 amide bonds. The standard InChI is InChI=1S/C15H16FN5/c1-20-8-9(7-18-20)14(17)15-19-12-5-2-10(16)6-13(12)21(15)11-3-4-11/h2,5-8,11,14H,3-4,17H2,1H3. The predicted molar refractivity (Wildman–Crippen MR) is 77.2 cm³/mol. The van der Waals surface area contributed by atoms with E-state index in [1.54, 1.807) is 23.0 Å². The Bertz CT molecular complexity index is 815. The van der Waals surface area contributed by atoms with Crippen LogP contribution < -0.4 is 5.73 Å². The van der Waals surface area contributed by atoms with Crippen molar-refractivity contribution in [2.75, 3.05) is 0 Å². The molecule has 3 aromatic rings. The lowest BCUT2D eigenvalue weighted by Crippen LogP contribution is -2.17. The molecule has 1 aliphatic carbocycles. The van der Waals surface area contributed by atoms with Crippen LogP contribution in [0, 0.1) is 5.82 Å². The fourth-order valence-electron chi connectivity index (χ4n) is 2.77. The minimum atomic E-state index is -0.352. The lowest BCUT2D eigenvalue weighted by atomic mass is 10.1. The Labute approximate surface area is 121 Å². The van der Waals surface area contributed by atoms with Gasteiger partial charge in [0.2, 0.25) is 0 Å². The summed E-state index contributed by atoms with van der Waals surface area (Å²) in [4.78, 5) is 4.63. The molecular formula is C15H16FN5. The summed E-state index contributed by atoms with van der Waals surface area (Å²) < 4.78 is 17.4. The van der Waals surface area contributed by atoms with Crippen LogP contribution in [0.4, 0.5) is 4.39 Å². The highest BCUT2D eigenvalue weighted by molar-refractivity contribution is 5.76. The van der Waals surface area contributed by atoms with Crippen molar-refractivity contribution in [1.82, 2.24) is 19.3 Å². The summed E-state index contributed by atoms with van der Waals surface area (Å²) in [5.74, 6) is 0.539. The highest BCUT2D eigenvalue weighted by atomic mass is 19.1. The predicted octanol–water partition coefficient (Wildman–Crippen LogP) is 2.29. The van der Waals surface area contributed by atoms with E-state index in [4.69, 9.17) is 5.73 Å². The molecule has 1 fully saturated rings. The Morgan fingerprint density at radius 3 is 2.86 bits per heavy atom. The molecule has 0 saturated heterocycles. The van der Waals surface area contributed by atoms with E-state index in [0.717, 1.165) is 35.3 Å². The van der Waals surface area contributed by atoms with Crippen molar-refractivity contribution in [3.63, 3.8) is 0 Å². The second kappa shape index (κ2) is 4.39. The normalized spacial score (nSPS) is 16.5. The summed E-state index contributed by atoms with van der Waals surface area (Å²) in [6.07, 6.45) is 5.83. The first-order valence-corrected chi connectivity index (χ1v) is 7.05. The molecule has 0 bridgehead atoms. The van der Waals surface area contributed by atoms with Gasteiger partial charge in [0.1, 0.15) is 11.6 Å². The molecule has 2 aromatic heterocycles. The first-order chi connectivity index (χ1) is 10.1. The molecule has 21 heavy (non-hydrogen) atoms. The Hall–Kier alpha value is -2.21. The lowest BCUT2D eigenvalue weighted by molar-refractivity contribution is 0.625. The van der Waals surface area contributed by atoms with Gasteiger partial charge in [-0.1, -0.05) is 0 Å². The third kappa shape index (κ3) is 2.03. The summed E-state index contributed by atoms with van der Waals surface area (Å²) >= 11 is 0. The monoisotopic (exact) mass is 285 g/mol. The van der Waals surface area contributed by atoms with Crippen molar-refractivity contribution >= 4 is 11.0 Å². The van der Waals surface area contributed by atoms with Crippen LogP contribution in [-0.4, -0.2) is 19.3 Å². The van der Waals surface area contributed by atoms with E-state index >= 15 is 0 Å². The maximum atomic E-state index is 13.6. The number of nitrogens with two attached hydrogens (primary N) is 1. The minimum absolute atomic E-state index is 0.245. The minimum Gasteiger partial charge on any atom is -0.323 e. The molecule has 6 heteroatoms. The highest BCUT2D eigenvalue weighted by Crippen LogP contribution is 2.40. The highest BCUT2D eigenvalue weighted by Gasteiger charge is 2.31. The van der Waals surface area contributed by atoms with Gasteiger partial charge >= 0.3 is 0 Å². The number of hydrogen-bond acceptors (Lipinski definition) is 3. The van der Waals surface area contributed by atoms with E-state index in [-0.39, 0.29) is 11.9 Å². The average molecular weight is 285 g/mol. The molecule has 108 valence electrons. The van der Waals surface area contributed by atoms with E-state index in [9.17, 15) is 4.39 Å². The lowest BCUT2D eigenvalue weighted by Gasteiger charge is -2.12. The van der Waals surface area contributed by atoms with E-state index < -0.39 is 0 Å². The number of benzene rings is 1. The van der Waals surface area contributed by atoms with Gasteiger partial charge in [-0.05, 0) is 31.0 Å². The van der Waals surface area contributed by atoms with Crippen LogP contribution in [0.3, 0.4) is 0 Å². The molecule has 4 rings (SSSR count). The third-order valence-electron chi connectivity index (χ3n) is 3.95. The van der Waals surface area contributed by atoms with Crippen LogP contribution in [0.1, 0.15) is 36.3 Å². The maximum Gasteiger partial charge on any atom is 0.131 e. The van der Waals surface area contributed by atoms with Crippen molar-refractivity contribution in [1.29, 1.82) is 0 Å². The van der Waals surface area contributed by atoms with Crippen molar-refractivity contribution in [3.05, 3.63) is 47.8 Å². The molecule has 2 heterocycles. The number of fused-ring (bicyclic) bond motifs is 1.